The Kier molecular flexibility index (Phi) is 1.91. The van der Waals surface area contributed by atoms with Crippen molar-refractivity contribution in [2.75, 3.05) is 11.9 Å². The molecule has 1 aliphatic rings. The normalized spacial score (nSPS) is 17.6. The summed E-state index contributed by atoms with van der Waals surface area (Å²) in [5.74, 6) is 0. The van der Waals surface area contributed by atoms with Crippen LogP contribution in [0.1, 0.15) is 19.4 Å². The molecule has 1 aliphatic heterocycles. The second kappa shape index (κ2) is 3.13. The summed E-state index contributed by atoms with van der Waals surface area (Å²) in [5.41, 5.74) is 3.90. The topological polar surface area (TPSA) is 3.24 Å². The summed E-state index contributed by atoms with van der Waals surface area (Å²) < 4.78 is 0. The molecule has 0 fully saturated rings. The Bertz CT molecular complexity index is 622. The third kappa shape index (κ3) is 1.20. The third-order valence-electron chi connectivity index (χ3n) is 4.04. The standard InChI is InChI=1S/C16H17N/c1-11-16(2,3)14-10-9-12-7-5-6-8-13(12)15(14)17(11)4/h5-10H,1H2,2-4H3. The van der Waals surface area contributed by atoms with Gasteiger partial charge in [-0.3, -0.25) is 0 Å². The van der Waals surface area contributed by atoms with Crippen molar-refractivity contribution in [3.8, 4) is 0 Å². The van der Waals surface area contributed by atoms with Crippen LogP contribution in [-0.2, 0) is 5.41 Å². The lowest BCUT2D eigenvalue weighted by Crippen LogP contribution is -2.21. The molecule has 0 bridgehead atoms. The van der Waals surface area contributed by atoms with Crippen LogP contribution in [-0.4, -0.2) is 7.05 Å². The van der Waals surface area contributed by atoms with Gasteiger partial charge in [0.25, 0.3) is 0 Å². The van der Waals surface area contributed by atoms with Crippen molar-refractivity contribution in [1.29, 1.82) is 0 Å². The number of allylic oxidation sites excluding steroid dienone is 1. The fourth-order valence-electron chi connectivity index (χ4n) is 2.83. The third-order valence-corrected chi connectivity index (χ3v) is 4.04. The molecule has 1 heterocycles. The molecule has 0 radical (unpaired) electrons. The lowest BCUT2D eigenvalue weighted by molar-refractivity contribution is 0.643. The van der Waals surface area contributed by atoms with Gasteiger partial charge in [0.2, 0.25) is 0 Å². The highest BCUT2D eigenvalue weighted by atomic mass is 15.2. The fourth-order valence-corrected chi connectivity index (χ4v) is 2.83. The molecule has 0 aromatic heterocycles. The second-order valence-electron chi connectivity index (χ2n) is 5.31. The van der Waals surface area contributed by atoms with Gasteiger partial charge in [-0.2, -0.15) is 0 Å². The van der Waals surface area contributed by atoms with E-state index in [1.54, 1.807) is 0 Å². The second-order valence-corrected chi connectivity index (χ2v) is 5.31. The maximum absolute atomic E-state index is 4.24. The molecule has 86 valence electrons. The zero-order valence-electron chi connectivity index (χ0n) is 10.6. The van der Waals surface area contributed by atoms with E-state index in [9.17, 15) is 0 Å². The molecule has 0 spiro atoms. The first-order valence-electron chi connectivity index (χ1n) is 5.99. The molecule has 0 unspecified atom stereocenters. The average molecular weight is 223 g/mol. The highest BCUT2D eigenvalue weighted by molar-refractivity contribution is 5.99. The first-order chi connectivity index (χ1) is 8.03. The molecular weight excluding hydrogens is 206 g/mol. The highest BCUT2D eigenvalue weighted by Crippen LogP contribution is 2.48. The number of rotatable bonds is 0. The molecule has 0 amide bonds. The summed E-state index contributed by atoms with van der Waals surface area (Å²) in [6.45, 7) is 8.72. The van der Waals surface area contributed by atoms with Crippen LogP contribution < -0.4 is 4.90 Å². The fraction of sp³-hybridized carbons (Fsp3) is 0.250. The van der Waals surface area contributed by atoms with Crippen molar-refractivity contribution >= 4 is 16.5 Å². The van der Waals surface area contributed by atoms with Gasteiger partial charge >= 0.3 is 0 Å². The lowest BCUT2D eigenvalue weighted by Gasteiger charge is -2.22. The molecule has 0 saturated heterocycles. The number of nitrogens with zero attached hydrogens (tertiary/aromatic N) is 1. The molecule has 2 aromatic carbocycles. The van der Waals surface area contributed by atoms with Gasteiger partial charge in [0.05, 0.1) is 5.69 Å². The molecule has 0 N–H and O–H groups in total. The van der Waals surface area contributed by atoms with Gasteiger partial charge in [0.1, 0.15) is 0 Å². The number of likely N-dealkylation sites (N-methyl/N-ethyl adjacent to an activating group) is 1. The van der Waals surface area contributed by atoms with Crippen molar-refractivity contribution < 1.29 is 0 Å². The van der Waals surface area contributed by atoms with E-state index in [1.807, 2.05) is 0 Å². The van der Waals surface area contributed by atoms with Crippen LogP contribution in [0.25, 0.3) is 10.8 Å². The van der Waals surface area contributed by atoms with E-state index in [-0.39, 0.29) is 5.41 Å². The molecule has 0 aliphatic carbocycles. The van der Waals surface area contributed by atoms with Gasteiger partial charge in [-0.1, -0.05) is 56.8 Å². The number of hydrogen-bond acceptors (Lipinski definition) is 1. The summed E-state index contributed by atoms with van der Waals surface area (Å²) in [7, 11) is 2.11. The van der Waals surface area contributed by atoms with Gasteiger partial charge in [-0.15, -0.1) is 0 Å². The summed E-state index contributed by atoms with van der Waals surface area (Å²) in [6.07, 6.45) is 0. The summed E-state index contributed by atoms with van der Waals surface area (Å²) >= 11 is 0. The Morgan fingerprint density at radius 2 is 1.76 bits per heavy atom. The van der Waals surface area contributed by atoms with Crippen LogP contribution in [0.5, 0.6) is 0 Å². The average Bonchev–Trinajstić information content (AvgIpc) is 2.51. The molecule has 1 nitrogen and oxygen atoms in total. The zero-order chi connectivity index (χ0) is 12.2. The van der Waals surface area contributed by atoms with E-state index in [1.165, 1.54) is 27.7 Å². The summed E-state index contributed by atoms with van der Waals surface area (Å²) in [6, 6.07) is 13.0. The van der Waals surface area contributed by atoms with E-state index in [4.69, 9.17) is 0 Å². The van der Waals surface area contributed by atoms with Crippen LogP contribution in [0.3, 0.4) is 0 Å². The molecule has 1 heteroatoms. The van der Waals surface area contributed by atoms with Crippen LogP contribution in [0.4, 0.5) is 5.69 Å². The van der Waals surface area contributed by atoms with Crippen LogP contribution in [0, 0.1) is 0 Å². The minimum absolute atomic E-state index is 0.0358. The number of fused-ring (bicyclic) bond motifs is 3. The number of benzene rings is 2. The molecular formula is C16H17N. The Balaban J connectivity index is 2.44. The molecule has 2 aromatic rings. The van der Waals surface area contributed by atoms with Crippen LogP contribution in [0.2, 0.25) is 0 Å². The quantitative estimate of drug-likeness (QED) is 0.650. The predicted molar refractivity (Wildman–Crippen MR) is 74.5 cm³/mol. The Morgan fingerprint density at radius 1 is 1.06 bits per heavy atom. The van der Waals surface area contributed by atoms with Gasteiger partial charge < -0.3 is 4.90 Å². The Hall–Kier alpha value is -1.76. The zero-order valence-corrected chi connectivity index (χ0v) is 10.6. The van der Waals surface area contributed by atoms with E-state index in [0.717, 1.165) is 0 Å². The largest absolute Gasteiger partial charge is 0.347 e. The number of hydrogen-bond donors (Lipinski definition) is 0. The molecule has 0 atom stereocenters. The van der Waals surface area contributed by atoms with Crippen LogP contribution in [0.15, 0.2) is 48.7 Å². The van der Waals surface area contributed by atoms with Crippen LogP contribution >= 0.6 is 0 Å². The van der Waals surface area contributed by atoms with E-state index >= 15 is 0 Å². The molecule has 17 heavy (non-hydrogen) atoms. The Morgan fingerprint density at radius 3 is 2.53 bits per heavy atom. The van der Waals surface area contributed by atoms with Gasteiger partial charge in [0, 0.05) is 23.5 Å². The first kappa shape index (κ1) is 10.4. The Labute approximate surface area is 102 Å². The van der Waals surface area contributed by atoms with Crippen molar-refractivity contribution in [3.63, 3.8) is 0 Å². The molecule has 3 rings (SSSR count). The maximum atomic E-state index is 4.24. The van der Waals surface area contributed by atoms with Crippen molar-refractivity contribution in [2.45, 2.75) is 19.3 Å². The monoisotopic (exact) mass is 223 g/mol. The van der Waals surface area contributed by atoms with Crippen molar-refractivity contribution in [2.24, 2.45) is 0 Å². The van der Waals surface area contributed by atoms with Crippen molar-refractivity contribution in [1.82, 2.24) is 0 Å². The SMILES string of the molecule is C=C1N(C)c2c(ccc3ccccc23)C1(C)C. The van der Waals surface area contributed by atoms with Crippen molar-refractivity contribution in [3.05, 3.63) is 54.2 Å². The number of anilines is 1. The predicted octanol–water partition coefficient (Wildman–Crippen LogP) is 4.08. The summed E-state index contributed by atoms with van der Waals surface area (Å²) in [5, 5.41) is 2.61. The smallest absolute Gasteiger partial charge is 0.0527 e. The molecule has 0 saturated carbocycles. The minimum atomic E-state index is 0.0358. The highest BCUT2D eigenvalue weighted by Gasteiger charge is 2.37. The van der Waals surface area contributed by atoms with E-state index in [0.29, 0.717) is 0 Å². The van der Waals surface area contributed by atoms with Gasteiger partial charge in [-0.05, 0) is 10.9 Å². The summed E-state index contributed by atoms with van der Waals surface area (Å²) in [4.78, 5) is 2.23. The maximum Gasteiger partial charge on any atom is 0.0527 e. The lowest BCUT2D eigenvalue weighted by atomic mass is 9.84. The minimum Gasteiger partial charge on any atom is -0.347 e. The van der Waals surface area contributed by atoms with Gasteiger partial charge in [-0.25, -0.2) is 0 Å². The van der Waals surface area contributed by atoms with Gasteiger partial charge in [0.15, 0.2) is 0 Å². The van der Waals surface area contributed by atoms with E-state index < -0.39 is 0 Å². The van der Waals surface area contributed by atoms with E-state index in [2.05, 4.69) is 68.8 Å². The first-order valence-corrected chi connectivity index (χ1v) is 5.99.